The molecular weight excluding hydrogens is 426 g/mol. The van der Waals surface area contributed by atoms with Gasteiger partial charge in [-0.25, -0.2) is 4.98 Å². The predicted octanol–water partition coefficient (Wildman–Crippen LogP) is 5.94. The highest BCUT2D eigenvalue weighted by Crippen LogP contribution is 2.27. The van der Waals surface area contributed by atoms with Gasteiger partial charge >= 0.3 is 0 Å². The zero-order valence-electron chi connectivity index (χ0n) is 19.3. The van der Waals surface area contributed by atoms with Crippen LogP contribution >= 0.6 is 11.3 Å². The molecule has 2 N–H and O–H groups in total. The maximum Gasteiger partial charge on any atom is 0.225 e. The van der Waals surface area contributed by atoms with E-state index in [1.54, 1.807) is 11.3 Å². The highest BCUT2D eigenvalue weighted by atomic mass is 32.1. The summed E-state index contributed by atoms with van der Waals surface area (Å²) in [6.45, 7) is 0.924. The number of rotatable bonds is 7. The molecule has 1 aliphatic rings. The van der Waals surface area contributed by atoms with E-state index in [1.165, 1.54) is 28.8 Å². The van der Waals surface area contributed by atoms with Gasteiger partial charge in [0.25, 0.3) is 0 Å². The van der Waals surface area contributed by atoms with Crippen LogP contribution in [0.15, 0.2) is 66.0 Å². The Bertz CT molecular complexity index is 1180. The summed E-state index contributed by atoms with van der Waals surface area (Å²) >= 11 is 1.79. The zero-order chi connectivity index (χ0) is 22.6. The Hall–Kier alpha value is -2.96. The molecule has 2 heterocycles. The Labute approximate surface area is 199 Å². The van der Waals surface area contributed by atoms with Crippen molar-refractivity contribution in [3.05, 3.63) is 71.6 Å². The molecule has 33 heavy (non-hydrogen) atoms. The number of hydrogen-bond donors (Lipinski definition) is 2. The molecule has 6 heteroatoms. The van der Waals surface area contributed by atoms with Crippen molar-refractivity contribution in [2.75, 3.05) is 24.3 Å². The van der Waals surface area contributed by atoms with Gasteiger partial charge in [-0.2, -0.15) is 4.98 Å². The Kier molecular flexibility index (Phi) is 6.55. The highest BCUT2D eigenvalue weighted by Gasteiger charge is 2.22. The largest absolute Gasteiger partial charge is 0.362 e. The second-order valence-corrected chi connectivity index (χ2v) is 9.98. The molecule has 1 saturated carbocycles. The van der Waals surface area contributed by atoms with E-state index in [0.717, 1.165) is 42.1 Å². The minimum Gasteiger partial charge on any atom is -0.362 e. The predicted molar refractivity (Wildman–Crippen MR) is 140 cm³/mol. The van der Waals surface area contributed by atoms with E-state index in [-0.39, 0.29) is 0 Å². The minimum absolute atomic E-state index is 0.421. The molecule has 1 fully saturated rings. The number of thiophene rings is 1. The molecule has 0 amide bonds. The fraction of sp³-hybridized carbons (Fsp3) is 0.333. The number of anilines is 2. The molecule has 0 aliphatic heterocycles. The van der Waals surface area contributed by atoms with Crippen LogP contribution in [0.3, 0.4) is 0 Å². The van der Waals surface area contributed by atoms with Gasteiger partial charge in [-0.3, -0.25) is 0 Å². The Balaban J connectivity index is 1.14. The molecule has 0 radical (unpaired) electrons. The standard InChI is InChI=1S/C27H31N5S/c1-32(2)26-23-6-3-4-7-24(23)30-27(31-26)29-22-15-13-21(14-16-22)28-18-19-9-11-20(12-10-19)25-8-5-17-33-25/h3-12,17,21-22,28H,13-16,18H2,1-2H3,(H,29,30,31)/t21-,22+. The van der Waals surface area contributed by atoms with Crippen molar-refractivity contribution >= 4 is 34.0 Å². The summed E-state index contributed by atoms with van der Waals surface area (Å²) in [6, 6.07) is 22.4. The van der Waals surface area contributed by atoms with Crippen LogP contribution in [0.1, 0.15) is 31.2 Å². The first-order chi connectivity index (χ1) is 16.2. The Morgan fingerprint density at radius 2 is 1.64 bits per heavy atom. The van der Waals surface area contributed by atoms with Gasteiger partial charge in [-0.15, -0.1) is 11.3 Å². The van der Waals surface area contributed by atoms with E-state index in [4.69, 9.17) is 9.97 Å². The third-order valence-electron chi connectivity index (χ3n) is 6.42. The monoisotopic (exact) mass is 457 g/mol. The number of benzene rings is 2. The van der Waals surface area contributed by atoms with E-state index >= 15 is 0 Å². The van der Waals surface area contributed by atoms with Crippen molar-refractivity contribution in [1.82, 2.24) is 15.3 Å². The maximum atomic E-state index is 4.80. The van der Waals surface area contributed by atoms with Crippen molar-refractivity contribution < 1.29 is 0 Å². The van der Waals surface area contributed by atoms with Crippen molar-refractivity contribution in [3.8, 4) is 10.4 Å². The first kappa shape index (κ1) is 21.9. The van der Waals surface area contributed by atoms with E-state index < -0.39 is 0 Å². The fourth-order valence-corrected chi connectivity index (χ4v) is 5.31. The smallest absolute Gasteiger partial charge is 0.225 e. The molecule has 0 unspecified atom stereocenters. The molecular formula is C27H31N5S. The first-order valence-electron chi connectivity index (χ1n) is 11.7. The van der Waals surface area contributed by atoms with E-state index in [0.29, 0.717) is 12.1 Å². The number of aromatic nitrogens is 2. The quantitative estimate of drug-likeness (QED) is 0.360. The van der Waals surface area contributed by atoms with Gasteiger partial charge in [0.05, 0.1) is 5.52 Å². The van der Waals surface area contributed by atoms with Gasteiger partial charge < -0.3 is 15.5 Å². The van der Waals surface area contributed by atoms with Crippen LogP contribution in [0.2, 0.25) is 0 Å². The summed E-state index contributed by atoms with van der Waals surface area (Å²) in [4.78, 5) is 13.0. The van der Waals surface area contributed by atoms with Crippen LogP contribution in [0.4, 0.5) is 11.8 Å². The molecule has 1 aliphatic carbocycles. The molecule has 0 atom stereocenters. The molecule has 5 nitrogen and oxygen atoms in total. The average Bonchev–Trinajstić information content (AvgIpc) is 3.38. The van der Waals surface area contributed by atoms with E-state index in [2.05, 4.69) is 69.4 Å². The second kappa shape index (κ2) is 9.89. The Morgan fingerprint density at radius 3 is 2.36 bits per heavy atom. The first-order valence-corrected chi connectivity index (χ1v) is 12.6. The number of hydrogen-bond acceptors (Lipinski definition) is 6. The molecule has 0 bridgehead atoms. The van der Waals surface area contributed by atoms with E-state index in [1.807, 2.05) is 26.2 Å². The summed E-state index contributed by atoms with van der Waals surface area (Å²) in [5.74, 6) is 1.70. The van der Waals surface area contributed by atoms with Gasteiger partial charge in [0.1, 0.15) is 5.82 Å². The van der Waals surface area contributed by atoms with Crippen LogP contribution in [0, 0.1) is 0 Å². The number of para-hydroxylation sites is 1. The van der Waals surface area contributed by atoms with Gasteiger partial charge in [0, 0.05) is 43.0 Å². The number of nitrogens with zero attached hydrogens (tertiary/aromatic N) is 3. The van der Waals surface area contributed by atoms with Gasteiger partial charge in [-0.1, -0.05) is 42.5 Å². The van der Waals surface area contributed by atoms with Crippen LogP contribution in [-0.4, -0.2) is 36.1 Å². The summed E-state index contributed by atoms with van der Waals surface area (Å²) in [7, 11) is 4.07. The van der Waals surface area contributed by atoms with Crippen LogP contribution < -0.4 is 15.5 Å². The summed E-state index contributed by atoms with van der Waals surface area (Å²) in [5.41, 5.74) is 3.63. The van der Waals surface area contributed by atoms with Gasteiger partial charge in [0.15, 0.2) is 0 Å². The molecule has 0 saturated heterocycles. The third-order valence-corrected chi connectivity index (χ3v) is 7.34. The van der Waals surface area contributed by atoms with Crippen molar-refractivity contribution in [2.24, 2.45) is 0 Å². The topological polar surface area (TPSA) is 53.1 Å². The molecule has 2 aromatic heterocycles. The van der Waals surface area contributed by atoms with Crippen molar-refractivity contribution in [3.63, 3.8) is 0 Å². The van der Waals surface area contributed by atoms with Gasteiger partial charge in [0.2, 0.25) is 5.95 Å². The molecule has 170 valence electrons. The normalized spacial score (nSPS) is 18.4. The lowest BCUT2D eigenvalue weighted by Gasteiger charge is -2.30. The SMILES string of the molecule is CN(C)c1nc(N[C@H]2CC[C@@H](NCc3ccc(-c4cccs4)cc3)CC2)nc2ccccc12. The van der Waals surface area contributed by atoms with Crippen molar-refractivity contribution in [1.29, 1.82) is 0 Å². The van der Waals surface area contributed by atoms with E-state index in [9.17, 15) is 0 Å². The third kappa shape index (κ3) is 5.18. The molecule has 0 spiro atoms. The van der Waals surface area contributed by atoms with Crippen LogP contribution in [-0.2, 0) is 6.54 Å². The highest BCUT2D eigenvalue weighted by molar-refractivity contribution is 7.13. The maximum absolute atomic E-state index is 4.80. The fourth-order valence-electron chi connectivity index (χ4n) is 4.58. The number of fused-ring (bicyclic) bond motifs is 1. The summed E-state index contributed by atoms with van der Waals surface area (Å²) in [5, 5.41) is 10.6. The lowest BCUT2D eigenvalue weighted by atomic mass is 9.91. The van der Waals surface area contributed by atoms with Crippen molar-refractivity contribution in [2.45, 2.75) is 44.3 Å². The molecule has 2 aromatic carbocycles. The average molecular weight is 458 g/mol. The van der Waals surface area contributed by atoms with Crippen LogP contribution in [0.25, 0.3) is 21.3 Å². The van der Waals surface area contributed by atoms with Crippen LogP contribution in [0.5, 0.6) is 0 Å². The summed E-state index contributed by atoms with van der Waals surface area (Å²) < 4.78 is 0. The molecule has 4 aromatic rings. The Morgan fingerprint density at radius 1 is 0.879 bits per heavy atom. The lowest BCUT2D eigenvalue weighted by Crippen LogP contribution is -2.37. The molecule has 5 rings (SSSR count). The minimum atomic E-state index is 0.421. The second-order valence-electron chi connectivity index (χ2n) is 9.03. The summed E-state index contributed by atoms with van der Waals surface area (Å²) in [6.07, 6.45) is 4.59. The number of nitrogens with one attached hydrogen (secondary N) is 2. The zero-order valence-corrected chi connectivity index (χ0v) is 20.1. The van der Waals surface area contributed by atoms with Gasteiger partial charge in [-0.05, 0) is 60.4 Å². The lowest BCUT2D eigenvalue weighted by molar-refractivity contribution is 0.352.